The molecule has 0 bridgehead atoms. The van der Waals surface area contributed by atoms with Crippen molar-refractivity contribution in [2.24, 2.45) is 5.41 Å². The summed E-state index contributed by atoms with van der Waals surface area (Å²) in [7, 11) is 1.76. The van der Waals surface area contributed by atoms with Gasteiger partial charge in [0.1, 0.15) is 5.75 Å². The van der Waals surface area contributed by atoms with Crippen LogP contribution in [0.3, 0.4) is 0 Å². The highest BCUT2D eigenvalue weighted by molar-refractivity contribution is 5.42. The third kappa shape index (κ3) is 2.63. The van der Waals surface area contributed by atoms with Crippen LogP contribution in [0.4, 0.5) is 0 Å². The Morgan fingerprint density at radius 2 is 2.06 bits per heavy atom. The number of hydrogen-bond acceptors (Lipinski definition) is 2. The molecule has 17 heavy (non-hydrogen) atoms. The minimum Gasteiger partial charge on any atom is -0.496 e. The molecule has 1 N–H and O–H groups in total. The lowest BCUT2D eigenvalue weighted by molar-refractivity contribution is 0.270. The molecule has 0 spiro atoms. The van der Waals surface area contributed by atoms with E-state index < -0.39 is 0 Å². The lowest BCUT2D eigenvalue weighted by Gasteiger charge is -2.31. The molecule has 1 heterocycles. The number of nitrogens with one attached hydrogen (secondary N) is 1. The maximum atomic E-state index is 5.50. The van der Waals surface area contributed by atoms with Crippen LogP contribution in [0.1, 0.15) is 31.9 Å². The van der Waals surface area contributed by atoms with Crippen LogP contribution < -0.4 is 10.1 Å². The molecule has 0 aromatic heterocycles. The lowest BCUT2D eigenvalue weighted by Crippen LogP contribution is -2.41. The number of ether oxygens (including phenoxy) is 1. The van der Waals surface area contributed by atoms with Crippen molar-refractivity contribution < 1.29 is 4.74 Å². The molecule has 0 fully saturated rings. The Morgan fingerprint density at radius 3 is 2.71 bits per heavy atom. The molecule has 1 atom stereocenters. The molecule has 0 saturated heterocycles. The molecule has 1 aliphatic heterocycles. The zero-order valence-electron chi connectivity index (χ0n) is 11.3. The summed E-state index contributed by atoms with van der Waals surface area (Å²) in [5.74, 6) is 1.04. The first-order chi connectivity index (χ1) is 8.02. The highest BCUT2D eigenvalue weighted by Crippen LogP contribution is 2.31. The number of methoxy groups -OCH3 is 1. The highest BCUT2D eigenvalue weighted by Gasteiger charge is 2.28. The van der Waals surface area contributed by atoms with Crippen LogP contribution in [0.15, 0.2) is 18.2 Å². The van der Waals surface area contributed by atoms with Crippen molar-refractivity contribution in [3.05, 3.63) is 29.3 Å². The molecule has 0 saturated carbocycles. The van der Waals surface area contributed by atoms with E-state index in [1.54, 1.807) is 7.11 Å². The standard InChI is InChI=1S/C15H23NO/c1-15(2,3)14-10-12-11(8-9-16-14)6-5-7-13(12)17-4/h5-7,14,16H,8-10H2,1-4H3. The number of rotatable bonds is 1. The van der Waals surface area contributed by atoms with E-state index in [-0.39, 0.29) is 5.41 Å². The van der Waals surface area contributed by atoms with Gasteiger partial charge in [-0.25, -0.2) is 0 Å². The van der Waals surface area contributed by atoms with Crippen molar-refractivity contribution in [2.45, 2.75) is 39.7 Å². The second-order valence-corrected chi connectivity index (χ2v) is 5.92. The van der Waals surface area contributed by atoms with Crippen LogP contribution in [0.2, 0.25) is 0 Å². The van der Waals surface area contributed by atoms with Gasteiger partial charge in [0.2, 0.25) is 0 Å². The van der Waals surface area contributed by atoms with Crippen LogP contribution >= 0.6 is 0 Å². The van der Waals surface area contributed by atoms with Gasteiger partial charge in [-0.2, -0.15) is 0 Å². The number of fused-ring (bicyclic) bond motifs is 1. The molecule has 0 aliphatic carbocycles. The van der Waals surface area contributed by atoms with Gasteiger partial charge in [0, 0.05) is 6.04 Å². The number of benzene rings is 1. The fraction of sp³-hybridized carbons (Fsp3) is 0.600. The molecule has 94 valence electrons. The average Bonchev–Trinajstić information content (AvgIpc) is 2.49. The van der Waals surface area contributed by atoms with Gasteiger partial charge in [0.05, 0.1) is 7.11 Å². The smallest absolute Gasteiger partial charge is 0.122 e. The van der Waals surface area contributed by atoms with E-state index in [0.29, 0.717) is 6.04 Å². The quantitative estimate of drug-likeness (QED) is 0.805. The van der Waals surface area contributed by atoms with Crippen molar-refractivity contribution in [1.82, 2.24) is 5.32 Å². The summed E-state index contributed by atoms with van der Waals surface area (Å²) in [6, 6.07) is 6.91. The molecule has 1 aromatic carbocycles. The monoisotopic (exact) mass is 233 g/mol. The highest BCUT2D eigenvalue weighted by atomic mass is 16.5. The van der Waals surface area contributed by atoms with E-state index in [2.05, 4.69) is 44.3 Å². The zero-order chi connectivity index (χ0) is 12.5. The summed E-state index contributed by atoms with van der Waals surface area (Å²) in [4.78, 5) is 0. The Labute approximate surface area is 104 Å². The summed E-state index contributed by atoms with van der Waals surface area (Å²) in [5, 5.41) is 3.66. The molecule has 1 unspecified atom stereocenters. The van der Waals surface area contributed by atoms with Gasteiger partial charge in [0.15, 0.2) is 0 Å². The molecule has 1 aliphatic rings. The van der Waals surface area contributed by atoms with Gasteiger partial charge < -0.3 is 10.1 Å². The van der Waals surface area contributed by atoms with Crippen molar-refractivity contribution in [3.8, 4) is 5.75 Å². The fourth-order valence-corrected chi connectivity index (χ4v) is 2.54. The predicted molar refractivity (Wildman–Crippen MR) is 71.6 cm³/mol. The Kier molecular flexibility index (Phi) is 3.43. The second-order valence-electron chi connectivity index (χ2n) is 5.92. The molecule has 0 amide bonds. The van der Waals surface area contributed by atoms with Crippen molar-refractivity contribution in [3.63, 3.8) is 0 Å². The average molecular weight is 233 g/mol. The summed E-state index contributed by atoms with van der Waals surface area (Å²) in [6.07, 6.45) is 2.15. The third-order valence-electron chi connectivity index (χ3n) is 3.69. The summed E-state index contributed by atoms with van der Waals surface area (Å²) in [5.41, 5.74) is 3.10. The predicted octanol–water partition coefficient (Wildman–Crippen LogP) is 2.80. The first-order valence-electron chi connectivity index (χ1n) is 6.40. The summed E-state index contributed by atoms with van der Waals surface area (Å²) < 4.78 is 5.50. The van der Waals surface area contributed by atoms with Gasteiger partial charge in [-0.15, -0.1) is 0 Å². The van der Waals surface area contributed by atoms with Gasteiger partial charge in [0.25, 0.3) is 0 Å². The third-order valence-corrected chi connectivity index (χ3v) is 3.69. The Bertz CT molecular complexity index is 392. The molecule has 1 aromatic rings. The minimum atomic E-state index is 0.280. The van der Waals surface area contributed by atoms with Crippen LogP contribution in [0, 0.1) is 5.41 Å². The lowest BCUT2D eigenvalue weighted by atomic mass is 9.83. The molecule has 0 radical (unpaired) electrons. The maximum Gasteiger partial charge on any atom is 0.122 e. The molecule has 2 heteroatoms. The Balaban J connectivity index is 2.35. The van der Waals surface area contributed by atoms with Crippen molar-refractivity contribution in [1.29, 1.82) is 0 Å². The fourth-order valence-electron chi connectivity index (χ4n) is 2.54. The molecular weight excluding hydrogens is 210 g/mol. The normalized spacial score (nSPS) is 20.6. The second kappa shape index (κ2) is 4.69. The van der Waals surface area contributed by atoms with Gasteiger partial charge in [-0.3, -0.25) is 0 Å². The van der Waals surface area contributed by atoms with Crippen molar-refractivity contribution in [2.75, 3.05) is 13.7 Å². The van der Waals surface area contributed by atoms with Gasteiger partial charge in [-0.1, -0.05) is 32.9 Å². The first kappa shape index (κ1) is 12.4. The van der Waals surface area contributed by atoms with E-state index in [1.807, 2.05) is 0 Å². The van der Waals surface area contributed by atoms with E-state index in [1.165, 1.54) is 11.1 Å². The van der Waals surface area contributed by atoms with E-state index in [4.69, 9.17) is 4.74 Å². The summed E-state index contributed by atoms with van der Waals surface area (Å²) in [6.45, 7) is 7.95. The van der Waals surface area contributed by atoms with Crippen LogP contribution in [-0.4, -0.2) is 19.7 Å². The molecule has 2 nitrogen and oxygen atoms in total. The number of hydrogen-bond donors (Lipinski definition) is 1. The zero-order valence-corrected chi connectivity index (χ0v) is 11.3. The Morgan fingerprint density at radius 1 is 1.29 bits per heavy atom. The summed E-state index contributed by atoms with van der Waals surface area (Å²) >= 11 is 0. The van der Waals surface area contributed by atoms with Gasteiger partial charge >= 0.3 is 0 Å². The van der Waals surface area contributed by atoms with Crippen LogP contribution in [0.5, 0.6) is 5.75 Å². The first-order valence-corrected chi connectivity index (χ1v) is 6.40. The molecule has 2 rings (SSSR count). The van der Waals surface area contributed by atoms with Crippen LogP contribution in [-0.2, 0) is 12.8 Å². The molecular formula is C15H23NO. The van der Waals surface area contributed by atoms with Crippen molar-refractivity contribution >= 4 is 0 Å². The van der Waals surface area contributed by atoms with E-state index in [0.717, 1.165) is 25.1 Å². The van der Waals surface area contributed by atoms with Gasteiger partial charge in [-0.05, 0) is 42.0 Å². The SMILES string of the molecule is COc1cccc2c1CC(C(C)(C)C)NCC2. The Hall–Kier alpha value is -1.02. The van der Waals surface area contributed by atoms with Crippen LogP contribution in [0.25, 0.3) is 0 Å². The van der Waals surface area contributed by atoms with E-state index >= 15 is 0 Å². The maximum absolute atomic E-state index is 5.50. The minimum absolute atomic E-state index is 0.280. The topological polar surface area (TPSA) is 21.3 Å². The largest absolute Gasteiger partial charge is 0.496 e. The van der Waals surface area contributed by atoms with E-state index in [9.17, 15) is 0 Å².